The normalized spacial score (nSPS) is 14.1. The van der Waals surface area contributed by atoms with E-state index < -0.39 is 17.8 Å². The number of hydrogen-bond acceptors (Lipinski definition) is 5. The van der Waals surface area contributed by atoms with Crippen molar-refractivity contribution in [2.75, 3.05) is 18.0 Å². The van der Waals surface area contributed by atoms with E-state index in [1.54, 1.807) is 12.1 Å². The Bertz CT molecular complexity index is 862. The minimum absolute atomic E-state index is 0.193. The number of benzene rings is 2. The fourth-order valence-electron chi connectivity index (χ4n) is 3.23. The Hall–Kier alpha value is -3.55. The number of amides is 2. The van der Waals surface area contributed by atoms with Crippen molar-refractivity contribution in [3.05, 3.63) is 60.2 Å². The molecule has 3 N–H and O–H groups in total. The number of carbonyl (C=O) groups is 3. The summed E-state index contributed by atoms with van der Waals surface area (Å²) in [6.45, 7) is 1.73. The van der Waals surface area contributed by atoms with E-state index in [0.717, 1.165) is 37.4 Å². The molecule has 0 unspecified atom stereocenters. The summed E-state index contributed by atoms with van der Waals surface area (Å²) in [4.78, 5) is 36.3. The van der Waals surface area contributed by atoms with Gasteiger partial charge in [-0.25, -0.2) is 0 Å². The van der Waals surface area contributed by atoms with Crippen molar-refractivity contribution < 1.29 is 24.2 Å². The van der Waals surface area contributed by atoms with Crippen molar-refractivity contribution in [3.63, 3.8) is 0 Å². The lowest BCUT2D eigenvalue weighted by atomic mass is 10.1. The molecule has 158 valence electrons. The van der Waals surface area contributed by atoms with Gasteiger partial charge in [0.1, 0.15) is 11.9 Å². The zero-order valence-electron chi connectivity index (χ0n) is 16.5. The summed E-state index contributed by atoms with van der Waals surface area (Å²) in [6.07, 6.45) is 1.54. The molecule has 0 spiro atoms. The highest BCUT2D eigenvalue weighted by atomic mass is 16.5. The second-order valence-electron chi connectivity index (χ2n) is 7.06. The van der Waals surface area contributed by atoms with Crippen molar-refractivity contribution in [3.8, 4) is 5.75 Å². The summed E-state index contributed by atoms with van der Waals surface area (Å²) in [7, 11) is 0. The first-order valence-electron chi connectivity index (χ1n) is 9.89. The van der Waals surface area contributed by atoms with E-state index in [4.69, 9.17) is 9.84 Å². The summed E-state index contributed by atoms with van der Waals surface area (Å²) in [5.41, 5.74) is 5.93. The van der Waals surface area contributed by atoms with Gasteiger partial charge in [0, 0.05) is 43.6 Å². The molecular formula is C22H25N3O5. The molecule has 2 aromatic rings. The van der Waals surface area contributed by atoms with Gasteiger partial charge in [0.25, 0.3) is 5.91 Å². The number of hydrogen-bond donors (Lipinski definition) is 3. The zero-order valence-corrected chi connectivity index (χ0v) is 16.5. The Labute approximate surface area is 174 Å². The van der Waals surface area contributed by atoms with Gasteiger partial charge in [-0.3, -0.25) is 25.2 Å². The molecule has 1 saturated heterocycles. The number of rotatable bonds is 7. The van der Waals surface area contributed by atoms with Gasteiger partial charge >= 0.3 is 5.97 Å². The van der Waals surface area contributed by atoms with Gasteiger partial charge < -0.3 is 14.7 Å². The number of anilines is 1. The van der Waals surface area contributed by atoms with Crippen LogP contribution in [0.25, 0.3) is 0 Å². The maximum atomic E-state index is 12.1. The number of nitrogens with zero attached hydrogens (tertiary/aromatic N) is 1. The minimum atomic E-state index is -1.07. The van der Waals surface area contributed by atoms with Gasteiger partial charge in [-0.1, -0.05) is 18.2 Å². The molecule has 0 atom stereocenters. The van der Waals surface area contributed by atoms with Gasteiger partial charge in [0.15, 0.2) is 0 Å². The lowest BCUT2D eigenvalue weighted by Gasteiger charge is -2.33. The van der Waals surface area contributed by atoms with Gasteiger partial charge in [0.2, 0.25) is 5.91 Å². The second-order valence-corrected chi connectivity index (χ2v) is 7.06. The molecule has 0 aromatic heterocycles. The second kappa shape index (κ2) is 10.3. The smallest absolute Gasteiger partial charge is 0.303 e. The number of carbonyl (C=O) groups excluding carboxylic acids is 2. The number of hydrazine groups is 1. The van der Waals surface area contributed by atoms with Gasteiger partial charge in [0.05, 0.1) is 6.42 Å². The molecule has 8 heteroatoms. The maximum absolute atomic E-state index is 12.1. The number of carboxylic acid groups (broad SMARTS) is 1. The molecule has 3 rings (SSSR count). The van der Waals surface area contributed by atoms with Crippen molar-refractivity contribution in [1.82, 2.24) is 10.9 Å². The molecule has 8 nitrogen and oxygen atoms in total. The molecule has 0 saturated carbocycles. The predicted molar refractivity (Wildman–Crippen MR) is 111 cm³/mol. The highest BCUT2D eigenvalue weighted by molar-refractivity contribution is 5.95. The van der Waals surface area contributed by atoms with E-state index >= 15 is 0 Å². The monoisotopic (exact) mass is 411 g/mol. The fourth-order valence-corrected chi connectivity index (χ4v) is 3.23. The molecule has 2 amide bonds. The number of para-hydroxylation sites is 1. The minimum Gasteiger partial charge on any atom is -0.490 e. The molecule has 30 heavy (non-hydrogen) atoms. The van der Waals surface area contributed by atoms with E-state index in [0.29, 0.717) is 5.56 Å². The third kappa shape index (κ3) is 6.23. The van der Waals surface area contributed by atoms with E-state index in [1.807, 2.05) is 42.5 Å². The molecule has 0 bridgehead atoms. The van der Waals surface area contributed by atoms with E-state index in [1.165, 1.54) is 0 Å². The van der Waals surface area contributed by atoms with E-state index in [9.17, 15) is 14.4 Å². The summed E-state index contributed by atoms with van der Waals surface area (Å²) in [5.74, 6) is -1.19. The van der Waals surface area contributed by atoms with Crippen molar-refractivity contribution >= 4 is 23.5 Å². The molecule has 0 aliphatic carbocycles. The molecule has 1 fully saturated rings. The average Bonchev–Trinajstić information content (AvgIpc) is 2.77. The van der Waals surface area contributed by atoms with Crippen molar-refractivity contribution in [2.45, 2.75) is 31.8 Å². The first kappa shape index (κ1) is 21.2. The van der Waals surface area contributed by atoms with E-state index in [-0.39, 0.29) is 18.9 Å². The van der Waals surface area contributed by atoms with Crippen molar-refractivity contribution in [1.29, 1.82) is 0 Å². The van der Waals surface area contributed by atoms with Crippen LogP contribution >= 0.6 is 0 Å². The molecule has 0 radical (unpaired) electrons. The van der Waals surface area contributed by atoms with Crippen molar-refractivity contribution in [2.24, 2.45) is 0 Å². The van der Waals surface area contributed by atoms with Gasteiger partial charge in [-0.2, -0.15) is 0 Å². The number of carboxylic acids is 1. The Morgan fingerprint density at radius 3 is 2.23 bits per heavy atom. The summed E-state index contributed by atoms with van der Waals surface area (Å²) in [5, 5.41) is 8.55. The van der Waals surface area contributed by atoms with Crippen LogP contribution in [0.15, 0.2) is 54.6 Å². The van der Waals surface area contributed by atoms with Crippen LogP contribution in [0.2, 0.25) is 0 Å². The fraction of sp³-hybridized carbons (Fsp3) is 0.318. The third-order valence-corrected chi connectivity index (χ3v) is 4.86. The summed E-state index contributed by atoms with van der Waals surface area (Å²) >= 11 is 0. The number of nitrogens with one attached hydrogen (secondary N) is 2. The van der Waals surface area contributed by atoms with Crippen LogP contribution < -0.4 is 20.5 Å². The first-order valence-corrected chi connectivity index (χ1v) is 9.89. The molecule has 2 aromatic carbocycles. The first-order chi connectivity index (χ1) is 14.5. The molecular weight excluding hydrogens is 386 g/mol. The zero-order chi connectivity index (χ0) is 21.3. The standard InChI is InChI=1S/C22H25N3O5/c26-20(10-11-21(27)28)23-24-22(29)16-6-8-17(9-7-16)25-14-12-19(13-15-25)30-18-4-2-1-3-5-18/h1-9,19H,10-15H2,(H,23,26)(H,24,29)(H,27,28). The predicted octanol–water partition coefficient (Wildman–Crippen LogP) is 2.36. The Morgan fingerprint density at radius 2 is 1.60 bits per heavy atom. The highest BCUT2D eigenvalue weighted by Crippen LogP contribution is 2.23. The van der Waals surface area contributed by atoms with Crippen LogP contribution in [-0.4, -0.2) is 42.1 Å². The number of piperidine rings is 1. The number of ether oxygens (including phenoxy) is 1. The van der Waals surface area contributed by atoms with Gasteiger partial charge in [-0.15, -0.1) is 0 Å². The van der Waals surface area contributed by atoms with Crippen LogP contribution in [0.4, 0.5) is 5.69 Å². The summed E-state index contributed by atoms with van der Waals surface area (Å²) < 4.78 is 6.02. The third-order valence-electron chi connectivity index (χ3n) is 4.86. The molecule has 1 aliphatic rings. The maximum Gasteiger partial charge on any atom is 0.303 e. The largest absolute Gasteiger partial charge is 0.490 e. The van der Waals surface area contributed by atoms with Crippen LogP contribution in [0.1, 0.15) is 36.0 Å². The number of aliphatic carboxylic acids is 1. The quantitative estimate of drug-likeness (QED) is 0.604. The average molecular weight is 411 g/mol. The Morgan fingerprint density at radius 1 is 0.933 bits per heavy atom. The molecule has 1 heterocycles. The topological polar surface area (TPSA) is 108 Å². The van der Waals surface area contributed by atoms with E-state index in [2.05, 4.69) is 15.8 Å². The Balaban J connectivity index is 1.44. The Kier molecular flexibility index (Phi) is 7.26. The lowest BCUT2D eigenvalue weighted by Crippen LogP contribution is -2.41. The lowest BCUT2D eigenvalue weighted by molar-refractivity contribution is -0.138. The van der Waals surface area contributed by atoms with Crippen LogP contribution in [0, 0.1) is 0 Å². The SMILES string of the molecule is O=C(O)CCC(=O)NNC(=O)c1ccc(N2CCC(Oc3ccccc3)CC2)cc1. The van der Waals surface area contributed by atoms with Crippen LogP contribution in [-0.2, 0) is 9.59 Å². The molecule has 1 aliphatic heterocycles. The van der Waals surface area contributed by atoms with Gasteiger partial charge in [-0.05, 0) is 36.4 Å². The summed E-state index contributed by atoms with van der Waals surface area (Å²) in [6, 6.07) is 17.0. The van der Waals surface area contributed by atoms with Crippen LogP contribution in [0.3, 0.4) is 0 Å². The highest BCUT2D eigenvalue weighted by Gasteiger charge is 2.21. The van der Waals surface area contributed by atoms with Crippen LogP contribution in [0.5, 0.6) is 5.75 Å².